The van der Waals surface area contributed by atoms with E-state index in [1.807, 2.05) is 0 Å². The fourth-order valence-electron chi connectivity index (χ4n) is 5.61. The molecule has 0 spiro atoms. The molecule has 0 amide bonds. The van der Waals surface area contributed by atoms with Gasteiger partial charge in [0.2, 0.25) is 0 Å². The highest BCUT2D eigenvalue weighted by Crippen LogP contribution is 2.48. The van der Waals surface area contributed by atoms with E-state index in [-0.39, 0.29) is 29.7 Å². The van der Waals surface area contributed by atoms with Crippen molar-refractivity contribution in [1.82, 2.24) is 0 Å². The zero-order valence-electron chi connectivity index (χ0n) is 17.0. The van der Waals surface area contributed by atoms with Gasteiger partial charge in [0.25, 0.3) is 0 Å². The van der Waals surface area contributed by atoms with E-state index in [2.05, 4.69) is 62.4 Å². The number of rotatable bonds is 4. The molecule has 29 heavy (non-hydrogen) atoms. The van der Waals surface area contributed by atoms with Crippen molar-refractivity contribution in [3.63, 3.8) is 0 Å². The molecule has 148 valence electrons. The lowest BCUT2D eigenvalue weighted by Crippen LogP contribution is -2.40. The van der Waals surface area contributed by atoms with Crippen molar-refractivity contribution in [2.45, 2.75) is 63.8 Å². The Kier molecular flexibility index (Phi) is 3.68. The fraction of sp³-hybridized carbons (Fsp3) is 0.440. The largest absolute Gasteiger partial charge is 0.474 e. The summed E-state index contributed by atoms with van der Waals surface area (Å²) in [6.07, 6.45) is 3.85. The molecule has 0 aromatic heterocycles. The molecule has 0 bridgehead atoms. The van der Waals surface area contributed by atoms with E-state index in [4.69, 9.17) is 19.5 Å². The van der Waals surface area contributed by atoms with Gasteiger partial charge in [0.1, 0.15) is 29.7 Å². The monoisotopic (exact) mass is 386 g/mol. The first-order valence-corrected chi connectivity index (χ1v) is 10.9. The van der Waals surface area contributed by atoms with Crippen molar-refractivity contribution in [1.29, 1.82) is 0 Å². The first kappa shape index (κ1) is 17.3. The van der Waals surface area contributed by atoms with Gasteiger partial charge in [-0.25, -0.2) is 9.98 Å². The molecule has 6 rings (SSSR count). The lowest BCUT2D eigenvalue weighted by molar-refractivity contribution is 0.160. The molecule has 2 aliphatic heterocycles. The zero-order valence-corrected chi connectivity index (χ0v) is 17.0. The Morgan fingerprint density at radius 1 is 0.759 bits per heavy atom. The van der Waals surface area contributed by atoms with Crippen molar-refractivity contribution in [3.8, 4) is 0 Å². The topological polar surface area (TPSA) is 43.2 Å². The second-order valence-corrected chi connectivity index (χ2v) is 8.67. The van der Waals surface area contributed by atoms with Crippen LogP contribution >= 0.6 is 0 Å². The Balaban J connectivity index is 1.37. The van der Waals surface area contributed by atoms with E-state index in [1.165, 1.54) is 22.3 Å². The van der Waals surface area contributed by atoms with Crippen molar-refractivity contribution >= 4 is 11.8 Å². The molecule has 0 unspecified atom stereocenters. The van der Waals surface area contributed by atoms with E-state index < -0.39 is 0 Å². The van der Waals surface area contributed by atoms with Gasteiger partial charge in [-0.1, -0.05) is 62.4 Å². The SMILES string of the molecule is CCC(CC)(C1=N[C@@H]2c3ccccc3C[C@@H]2O1)C1=N[C@@H]2c3ccccc3C[C@@H]2O1. The minimum Gasteiger partial charge on any atom is -0.474 e. The highest BCUT2D eigenvalue weighted by Gasteiger charge is 2.52. The molecule has 0 fully saturated rings. The third kappa shape index (κ3) is 2.32. The molecular weight excluding hydrogens is 360 g/mol. The highest BCUT2D eigenvalue weighted by atomic mass is 16.5. The van der Waals surface area contributed by atoms with Crippen molar-refractivity contribution in [2.24, 2.45) is 15.4 Å². The Morgan fingerprint density at radius 2 is 1.21 bits per heavy atom. The lowest BCUT2D eigenvalue weighted by Gasteiger charge is -2.31. The van der Waals surface area contributed by atoms with Crippen molar-refractivity contribution in [2.75, 3.05) is 0 Å². The summed E-state index contributed by atoms with van der Waals surface area (Å²) in [4.78, 5) is 10.2. The van der Waals surface area contributed by atoms with E-state index in [9.17, 15) is 0 Å². The standard InChI is InChI=1S/C25H26N2O2/c1-3-25(4-2,23-26-21-17-11-7-5-9-15(17)13-19(21)28-23)24-27-22-18-12-8-6-10-16(18)14-20(22)29-24/h5-12,19-22H,3-4,13-14H2,1-2H3/t19-,20-,21+,22+/m0/s1. The number of nitrogens with zero attached hydrogens (tertiary/aromatic N) is 2. The van der Waals surface area contributed by atoms with Gasteiger partial charge < -0.3 is 9.47 Å². The van der Waals surface area contributed by atoms with Crippen LogP contribution in [0, 0.1) is 5.41 Å². The maximum absolute atomic E-state index is 6.51. The summed E-state index contributed by atoms with van der Waals surface area (Å²) < 4.78 is 13.0. The van der Waals surface area contributed by atoms with Gasteiger partial charge in [-0.2, -0.15) is 0 Å². The normalized spacial score (nSPS) is 28.6. The highest BCUT2D eigenvalue weighted by molar-refractivity contribution is 6.06. The molecule has 2 heterocycles. The first-order chi connectivity index (χ1) is 14.2. The van der Waals surface area contributed by atoms with Gasteiger partial charge in [0.15, 0.2) is 11.8 Å². The maximum atomic E-state index is 6.51. The smallest absolute Gasteiger partial charge is 0.200 e. The number of benzene rings is 2. The van der Waals surface area contributed by atoms with Crippen LogP contribution in [-0.2, 0) is 22.3 Å². The summed E-state index contributed by atoms with van der Waals surface area (Å²) in [7, 11) is 0. The quantitative estimate of drug-likeness (QED) is 0.744. The molecule has 0 radical (unpaired) electrons. The van der Waals surface area contributed by atoms with Gasteiger partial charge >= 0.3 is 0 Å². The predicted molar refractivity (Wildman–Crippen MR) is 113 cm³/mol. The van der Waals surface area contributed by atoms with Crippen LogP contribution in [0.25, 0.3) is 0 Å². The summed E-state index contributed by atoms with van der Waals surface area (Å²) in [5.74, 6) is 1.66. The van der Waals surface area contributed by atoms with Gasteiger partial charge in [0.05, 0.1) is 0 Å². The first-order valence-electron chi connectivity index (χ1n) is 10.9. The van der Waals surface area contributed by atoms with Crippen LogP contribution in [-0.4, -0.2) is 24.0 Å². The van der Waals surface area contributed by atoms with Crippen LogP contribution in [0.15, 0.2) is 58.5 Å². The third-order valence-electron chi connectivity index (χ3n) is 7.36. The fourth-order valence-corrected chi connectivity index (χ4v) is 5.61. The predicted octanol–water partition coefficient (Wildman–Crippen LogP) is 4.98. The molecule has 2 aromatic carbocycles. The van der Waals surface area contributed by atoms with E-state index in [1.54, 1.807) is 0 Å². The minimum absolute atomic E-state index is 0.112. The molecule has 0 N–H and O–H groups in total. The second kappa shape index (κ2) is 6.19. The Bertz CT molecular complexity index is 957. The minimum atomic E-state index is -0.363. The number of ether oxygens (including phenoxy) is 2. The lowest BCUT2D eigenvalue weighted by atomic mass is 9.81. The van der Waals surface area contributed by atoms with Crippen LogP contribution < -0.4 is 0 Å². The van der Waals surface area contributed by atoms with Crippen molar-refractivity contribution in [3.05, 3.63) is 70.8 Å². The number of hydrogen-bond donors (Lipinski definition) is 0. The van der Waals surface area contributed by atoms with Crippen LogP contribution in [0.3, 0.4) is 0 Å². The second-order valence-electron chi connectivity index (χ2n) is 8.67. The number of fused-ring (bicyclic) bond motifs is 6. The maximum Gasteiger partial charge on any atom is 0.200 e. The number of aliphatic imine (C=N–C) groups is 2. The van der Waals surface area contributed by atoms with E-state index in [0.29, 0.717) is 0 Å². The van der Waals surface area contributed by atoms with Crippen LogP contribution in [0.2, 0.25) is 0 Å². The van der Waals surface area contributed by atoms with E-state index >= 15 is 0 Å². The average molecular weight is 386 g/mol. The van der Waals surface area contributed by atoms with Gasteiger partial charge in [-0.3, -0.25) is 0 Å². The molecule has 4 aliphatic rings. The zero-order chi connectivity index (χ0) is 19.6. The molecule has 4 nitrogen and oxygen atoms in total. The molecule has 4 atom stereocenters. The summed E-state index contributed by atoms with van der Waals surface area (Å²) >= 11 is 0. The van der Waals surface area contributed by atoms with Gasteiger partial charge in [-0.05, 0) is 35.1 Å². The van der Waals surface area contributed by atoms with Gasteiger partial charge in [-0.15, -0.1) is 0 Å². The average Bonchev–Trinajstić information content (AvgIpc) is 3.48. The third-order valence-corrected chi connectivity index (χ3v) is 7.36. The summed E-state index contributed by atoms with van der Waals surface area (Å²) in [6, 6.07) is 17.4. The molecular formula is C25H26N2O2. The van der Waals surface area contributed by atoms with Crippen LogP contribution in [0.5, 0.6) is 0 Å². The Labute approximate surface area is 171 Å². The number of hydrogen-bond acceptors (Lipinski definition) is 4. The van der Waals surface area contributed by atoms with E-state index in [0.717, 1.165) is 37.5 Å². The summed E-state index contributed by atoms with van der Waals surface area (Å²) in [5.41, 5.74) is 5.00. The van der Waals surface area contributed by atoms with Crippen molar-refractivity contribution < 1.29 is 9.47 Å². The summed E-state index contributed by atoms with van der Waals surface area (Å²) in [5, 5.41) is 0. The molecule has 4 heteroatoms. The Morgan fingerprint density at radius 3 is 1.66 bits per heavy atom. The Hall–Kier alpha value is -2.62. The van der Waals surface area contributed by atoms with Crippen LogP contribution in [0.1, 0.15) is 61.0 Å². The molecule has 0 saturated carbocycles. The molecule has 2 aromatic rings. The van der Waals surface area contributed by atoms with Crippen LogP contribution in [0.4, 0.5) is 0 Å². The molecule has 0 saturated heterocycles. The summed E-state index contributed by atoms with van der Waals surface area (Å²) in [6.45, 7) is 4.40. The molecule has 2 aliphatic carbocycles. The van der Waals surface area contributed by atoms with Gasteiger partial charge in [0, 0.05) is 12.8 Å².